The molecule has 0 N–H and O–H groups in total. The molecule has 0 amide bonds. The molecule has 1 aliphatic rings. The SMILES string of the molecule is C1=C(c2ccccc2)[Se]CC[Se][Se]CC[Se]C=1c1ccccc1. The van der Waals surface area contributed by atoms with Gasteiger partial charge in [0.05, 0.1) is 0 Å². The van der Waals surface area contributed by atoms with Crippen molar-refractivity contribution < 1.29 is 0 Å². The van der Waals surface area contributed by atoms with Gasteiger partial charge in [-0.2, -0.15) is 0 Å². The molecule has 4 heteroatoms. The van der Waals surface area contributed by atoms with Gasteiger partial charge in [0.25, 0.3) is 0 Å². The quantitative estimate of drug-likeness (QED) is 0.383. The van der Waals surface area contributed by atoms with Gasteiger partial charge >= 0.3 is 164 Å². The zero-order valence-corrected chi connectivity index (χ0v) is 19.6. The van der Waals surface area contributed by atoms with Gasteiger partial charge in [-0.25, -0.2) is 0 Å². The number of benzene rings is 2. The van der Waals surface area contributed by atoms with Gasteiger partial charge in [-0.3, -0.25) is 0 Å². The fourth-order valence-corrected chi connectivity index (χ4v) is 20.0. The van der Waals surface area contributed by atoms with Crippen LogP contribution in [-0.4, -0.2) is 56.2 Å². The van der Waals surface area contributed by atoms with Crippen LogP contribution in [0.25, 0.3) is 8.94 Å². The maximum atomic E-state index is 3.89. The Kier molecular flexibility index (Phi) is 7.86. The van der Waals surface area contributed by atoms with E-state index in [1.165, 1.54) is 41.3 Å². The fraction of sp³-hybridized carbons (Fsp3) is 0.211. The van der Waals surface area contributed by atoms with E-state index in [9.17, 15) is 0 Å². The van der Waals surface area contributed by atoms with Crippen molar-refractivity contribution in [2.45, 2.75) is 21.3 Å². The molecule has 2 aromatic rings. The molecule has 1 heterocycles. The van der Waals surface area contributed by atoms with Gasteiger partial charge in [0.15, 0.2) is 0 Å². The van der Waals surface area contributed by atoms with E-state index in [4.69, 9.17) is 0 Å². The molecular formula is C19H18Se4. The first-order valence-electron chi connectivity index (χ1n) is 7.55. The molecule has 23 heavy (non-hydrogen) atoms. The maximum absolute atomic E-state index is 3.89. The minimum atomic E-state index is 0.555. The molecule has 1 aliphatic heterocycles. The molecule has 0 fully saturated rings. The second kappa shape index (κ2) is 10.1. The van der Waals surface area contributed by atoms with E-state index < -0.39 is 0 Å². The first kappa shape index (κ1) is 17.8. The van der Waals surface area contributed by atoms with Gasteiger partial charge < -0.3 is 0 Å². The molecule has 0 saturated heterocycles. The van der Waals surface area contributed by atoms with Crippen LogP contribution in [0.4, 0.5) is 0 Å². The van der Waals surface area contributed by atoms with Gasteiger partial charge in [0, 0.05) is 0 Å². The third kappa shape index (κ3) is 5.81. The van der Waals surface area contributed by atoms with Crippen molar-refractivity contribution in [3.05, 3.63) is 77.5 Å². The first-order valence-corrected chi connectivity index (χ1v) is 18.4. The number of rotatable bonds is 2. The summed E-state index contributed by atoms with van der Waals surface area (Å²) in [4.78, 5) is 0. The van der Waals surface area contributed by atoms with Gasteiger partial charge in [-0.15, -0.1) is 0 Å². The monoisotopic (exact) mass is 566 g/mol. The topological polar surface area (TPSA) is 0 Å². The predicted molar refractivity (Wildman–Crippen MR) is 105 cm³/mol. The Morgan fingerprint density at radius 2 is 1.00 bits per heavy atom. The van der Waals surface area contributed by atoms with Crippen LogP contribution in [-0.2, 0) is 0 Å². The molecule has 0 unspecified atom stereocenters. The number of hydrogen-bond donors (Lipinski definition) is 0. The average molecular weight is 562 g/mol. The van der Waals surface area contributed by atoms with Crippen LogP contribution in [0.5, 0.6) is 0 Å². The third-order valence-corrected chi connectivity index (χ3v) is 17.5. The summed E-state index contributed by atoms with van der Waals surface area (Å²) in [6, 6.07) is 21.9. The summed E-state index contributed by atoms with van der Waals surface area (Å²) in [5, 5.41) is 5.72. The van der Waals surface area contributed by atoms with E-state index in [0.29, 0.717) is 29.9 Å². The molecule has 3 rings (SSSR count). The molecule has 0 radical (unpaired) electrons. The second-order valence-electron chi connectivity index (χ2n) is 4.86. The normalized spacial score (nSPS) is 16.9. The molecule has 0 aromatic heterocycles. The predicted octanol–water partition coefficient (Wildman–Crippen LogP) is 4.09. The standard InChI is InChI=1S/C19H18Se4/c1-3-7-16(8-4-1)18-15-19(17-9-5-2-6-10-17)21-12-14-23-22-13-11-20-18/h1-10H,11-14H2. The molecule has 0 spiro atoms. The van der Waals surface area contributed by atoms with Crippen LogP contribution in [0.3, 0.4) is 0 Å². The van der Waals surface area contributed by atoms with Crippen LogP contribution >= 0.6 is 0 Å². The summed E-state index contributed by atoms with van der Waals surface area (Å²) in [5.74, 6) is 0. The Morgan fingerprint density at radius 3 is 1.43 bits per heavy atom. The van der Waals surface area contributed by atoms with E-state index in [0.717, 1.165) is 26.3 Å². The van der Waals surface area contributed by atoms with Crippen LogP contribution in [0.15, 0.2) is 66.4 Å². The van der Waals surface area contributed by atoms with Crippen molar-refractivity contribution in [1.82, 2.24) is 0 Å². The van der Waals surface area contributed by atoms with Crippen molar-refractivity contribution in [2.24, 2.45) is 0 Å². The molecule has 0 bridgehead atoms. The van der Waals surface area contributed by atoms with Gasteiger partial charge in [-0.1, -0.05) is 0 Å². The van der Waals surface area contributed by atoms with Gasteiger partial charge in [-0.05, 0) is 0 Å². The number of hydrogen-bond acceptors (Lipinski definition) is 0. The van der Waals surface area contributed by atoms with Crippen LogP contribution in [0.1, 0.15) is 11.1 Å². The first-order chi connectivity index (χ1) is 11.4. The summed E-state index contributed by atoms with van der Waals surface area (Å²) in [6.45, 7) is 0. The fourth-order valence-electron chi connectivity index (χ4n) is 2.14. The van der Waals surface area contributed by atoms with Gasteiger partial charge in [0.1, 0.15) is 0 Å². The Bertz CT molecular complexity index is 616. The van der Waals surface area contributed by atoms with Gasteiger partial charge in [0.2, 0.25) is 0 Å². The summed E-state index contributed by atoms with van der Waals surface area (Å²) >= 11 is 2.95. The van der Waals surface area contributed by atoms with E-state index >= 15 is 0 Å². The Balaban J connectivity index is 2.04. The molecule has 0 nitrogen and oxygen atoms in total. The molecule has 118 valence electrons. The van der Waals surface area contributed by atoms with Crippen LogP contribution < -0.4 is 0 Å². The zero-order valence-electron chi connectivity index (χ0n) is 12.7. The van der Waals surface area contributed by atoms with Crippen molar-refractivity contribution >= 4 is 65.1 Å². The van der Waals surface area contributed by atoms with E-state index in [-0.39, 0.29) is 0 Å². The summed E-state index contributed by atoms with van der Waals surface area (Å²) in [6.07, 6.45) is 0. The average Bonchev–Trinajstić information content (AvgIpc) is 2.68. The zero-order chi connectivity index (χ0) is 15.7. The van der Waals surface area contributed by atoms with Crippen molar-refractivity contribution in [3.8, 4) is 0 Å². The minimum absolute atomic E-state index is 0.555. The second-order valence-corrected chi connectivity index (χ2v) is 17.3. The summed E-state index contributed by atoms with van der Waals surface area (Å²) in [7, 11) is 0. The molecular weight excluding hydrogens is 544 g/mol. The molecule has 2 aromatic carbocycles. The molecule has 0 atom stereocenters. The molecule has 0 saturated carbocycles. The van der Waals surface area contributed by atoms with E-state index in [1.54, 1.807) is 0 Å². The van der Waals surface area contributed by atoms with Crippen molar-refractivity contribution in [1.29, 1.82) is 0 Å². The summed E-state index contributed by atoms with van der Waals surface area (Å²) in [5.41, 5.74) is 6.65. The van der Waals surface area contributed by atoms with Crippen LogP contribution in [0, 0.1) is 0 Å². The Hall–Kier alpha value is 0.0379. The third-order valence-electron chi connectivity index (χ3n) is 3.21. The van der Waals surface area contributed by atoms with E-state index in [1.807, 2.05) is 0 Å². The van der Waals surface area contributed by atoms with Crippen molar-refractivity contribution in [3.63, 3.8) is 0 Å². The molecule has 0 aliphatic carbocycles. The Labute approximate surface area is 162 Å². The van der Waals surface area contributed by atoms with Crippen LogP contribution in [0.2, 0.25) is 21.3 Å². The van der Waals surface area contributed by atoms with Crippen molar-refractivity contribution in [2.75, 3.05) is 0 Å². The van der Waals surface area contributed by atoms with E-state index in [2.05, 4.69) is 66.4 Å². The Morgan fingerprint density at radius 1 is 0.565 bits per heavy atom. The summed E-state index contributed by atoms with van der Waals surface area (Å²) < 4.78 is 2.95.